The van der Waals surface area contributed by atoms with Gasteiger partial charge >= 0.3 is 5.97 Å². The minimum atomic E-state index is -1.46. The first-order valence-electron chi connectivity index (χ1n) is 7.21. The topological polar surface area (TPSA) is 123 Å². The molecule has 1 aliphatic carbocycles. The van der Waals surface area contributed by atoms with Crippen molar-refractivity contribution in [1.82, 2.24) is 0 Å². The van der Waals surface area contributed by atoms with Crippen LogP contribution in [0.1, 0.15) is 45.4 Å². The van der Waals surface area contributed by atoms with Crippen molar-refractivity contribution in [2.45, 2.75) is 61.9 Å². The van der Waals surface area contributed by atoms with Gasteiger partial charge in [0.1, 0.15) is 4.32 Å². The molecule has 7 heteroatoms. The van der Waals surface area contributed by atoms with Gasteiger partial charge in [0.15, 0.2) is 11.6 Å². The van der Waals surface area contributed by atoms with Crippen LogP contribution < -0.4 is 11.5 Å². The fraction of sp³-hybridized carbons (Fsp3) is 0.786. The largest absolute Gasteiger partial charge is 0.481 e. The molecule has 3 atom stereocenters. The van der Waals surface area contributed by atoms with Crippen LogP contribution in [0.25, 0.3) is 0 Å². The molecular weight excluding hydrogens is 340 g/mol. The van der Waals surface area contributed by atoms with Crippen LogP contribution >= 0.6 is 15.9 Å². The van der Waals surface area contributed by atoms with E-state index in [1.165, 1.54) is 6.92 Å². The molecule has 0 spiro atoms. The first-order valence-corrected chi connectivity index (χ1v) is 8.01. The third kappa shape index (κ3) is 4.11. The molecule has 0 radical (unpaired) electrons. The summed E-state index contributed by atoms with van der Waals surface area (Å²) in [6.07, 6.45) is 3.91. The highest BCUT2D eigenvalue weighted by molar-refractivity contribution is 9.10. The van der Waals surface area contributed by atoms with E-state index in [2.05, 4.69) is 15.9 Å². The van der Waals surface area contributed by atoms with Gasteiger partial charge in [-0.1, -0.05) is 35.2 Å². The number of rotatable bonds is 7. The SMILES string of the molecule is C[C@H](N)C(=O)C(Br)(C(=O)C(N)CC(=O)O)C1CCCCC1. The van der Waals surface area contributed by atoms with Crippen molar-refractivity contribution in [1.29, 1.82) is 0 Å². The third-order valence-corrected chi connectivity index (χ3v) is 5.46. The van der Waals surface area contributed by atoms with E-state index < -0.39 is 40.4 Å². The molecule has 120 valence electrons. The van der Waals surface area contributed by atoms with E-state index in [9.17, 15) is 14.4 Å². The van der Waals surface area contributed by atoms with Crippen molar-refractivity contribution in [2.75, 3.05) is 0 Å². The van der Waals surface area contributed by atoms with Crippen molar-refractivity contribution >= 4 is 33.5 Å². The van der Waals surface area contributed by atoms with E-state index in [0.29, 0.717) is 0 Å². The van der Waals surface area contributed by atoms with E-state index in [4.69, 9.17) is 16.6 Å². The van der Waals surface area contributed by atoms with E-state index in [-0.39, 0.29) is 5.92 Å². The molecule has 0 heterocycles. The number of nitrogens with two attached hydrogens (primary N) is 2. The van der Waals surface area contributed by atoms with Gasteiger partial charge in [-0.2, -0.15) is 0 Å². The number of ketones is 2. The standard InChI is InChI=1S/C14H23BrN2O4/c1-8(16)12(20)14(15,9-5-3-2-4-6-9)13(21)10(17)7-11(18)19/h8-10H,2-7,16-17H2,1H3,(H,18,19)/t8-,10?,14?/m0/s1. The van der Waals surface area contributed by atoms with Crippen molar-refractivity contribution in [2.24, 2.45) is 17.4 Å². The predicted octanol–water partition coefficient (Wildman–Crippen LogP) is 0.988. The van der Waals surface area contributed by atoms with Gasteiger partial charge in [-0.05, 0) is 25.7 Å². The van der Waals surface area contributed by atoms with Gasteiger partial charge in [0.2, 0.25) is 0 Å². The summed E-state index contributed by atoms with van der Waals surface area (Å²) in [6, 6.07) is -2.03. The van der Waals surface area contributed by atoms with Gasteiger partial charge in [-0.3, -0.25) is 14.4 Å². The zero-order valence-electron chi connectivity index (χ0n) is 12.2. The molecule has 1 saturated carbocycles. The van der Waals surface area contributed by atoms with Crippen LogP contribution in [0.4, 0.5) is 0 Å². The average Bonchev–Trinajstić information content (AvgIpc) is 2.44. The molecule has 2 unspecified atom stereocenters. The highest BCUT2D eigenvalue weighted by Gasteiger charge is 2.51. The Morgan fingerprint density at radius 2 is 1.71 bits per heavy atom. The quantitative estimate of drug-likeness (QED) is 0.458. The summed E-state index contributed by atoms with van der Waals surface area (Å²) >= 11 is 3.32. The summed E-state index contributed by atoms with van der Waals surface area (Å²) in [5.41, 5.74) is 11.4. The number of carbonyl (C=O) groups is 3. The molecule has 1 fully saturated rings. The maximum atomic E-state index is 12.6. The van der Waals surface area contributed by atoms with Crippen molar-refractivity contribution < 1.29 is 19.5 Å². The van der Waals surface area contributed by atoms with Gasteiger partial charge in [0.25, 0.3) is 0 Å². The molecule has 0 aliphatic heterocycles. The first-order chi connectivity index (χ1) is 9.71. The number of carboxylic acids is 1. The van der Waals surface area contributed by atoms with Crippen LogP contribution in [-0.4, -0.2) is 39.1 Å². The van der Waals surface area contributed by atoms with Crippen LogP contribution in [0.5, 0.6) is 0 Å². The molecule has 0 saturated heterocycles. The number of hydrogen-bond donors (Lipinski definition) is 3. The van der Waals surface area contributed by atoms with Crippen LogP contribution in [0.2, 0.25) is 0 Å². The Bertz CT molecular complexity index is 421. The van der Waals surface area contributed by atoms with Crippen LogP contribution in [0.15, 0.2) is 0 Å². The van der Waals surface area contributed by atoms with Crippen LogP contribution in [-0.2, 0) is 14.4 Å². The van der Waals surface area contributed by atoms with Gasteiger partial charge in [0, 0.05) is 0 Å². The Morgan fingerprint density at radius 1 is 1.19 bits per heavy atom. The Morgan fingerprint density at radius 3 is 2.14 bits per heavy atom. The molecule has 6 nitrogen and oxygen atoms in total. The lowest BCUT2D eigenvalue weighted by Crippen LogP contribution is -2.58. The van der Waals surface area contributed by atoms with Crippen molar-refractivity contribution in [3.63, 3.8) is 0 Å². The number of hydrogen-bond acceptors (Lipinski definition) is 5. The van der Waals surface area contributed by atoms with Crippen LogP contribution in [0, 0.1) is 5.92 Å². The Kier molecular flexibility index (Phi) is 6.49. The molecule has 21 heavy (non-hydrogen) atoms. The summed E-state index contributed by atoms with van der Waals surface area (Å²) in [5, 5.41) is 8.80. The molecule has 0 aromatic heterocycles. The van der Waals surface area contributed by atoms with Gasteiger partial charge in [-0.25, -0.2) is 0 Å². The summed E-state index contributed by atoms with van der Waals surface area (Å²) in [7, 11) is 0. The molecule has 1 rings (SSSR count). The van der Waals surface area contributed by atoms with E-state index in [0.717, 1.165) is 32.1 Å². The summed E-state index contributed by atoms with van der Waals surface area (Å²) in [4.78, 5) is 35.9. The first kappa shape index (κ1) is 18.3. The van der Waals surface area contributed by atoms with E-state index in [1.54, 1.807) is 0 Å². The predicted molar refractivity (Wildman–Crippen MR) is 82.1 cm³/mol. The van der Waals surface area contributed by atoms with Gasteiger partial charge in [-0.15, -0.1) is 0 Å². The third-order valence-electron chi connectivity index (χ3n) is 4.03. The Balaban J connectivity index is 3.08. The molecule has 0 aromatic rings. The molecule has 1 aliphatic rings. The highest BCUT2D eigenvalue weighted by Crippen LogP contribution is 2.41. The highest BCUT2D eigenvalue weighted by atomic mass is 79.9. The fourth-order valence-electron chi connectivity index (χ4n) is 2.91. The van der Waals surface area contributed by atoms with E-state index in [1.807, 2.05) is 0 Å². The molecule has 0 aromatic carbocycles. The maximum absolute atomic E-state index is 12.6. The summed E-state index contributed by atoms with van der Waals surface area (Å²) < 4.78 is -1.46. The molecule has 5 N–H and O–H groups in total. The zero-order valence-corrected chi connectivity index (χ0v) is 13.8. The number of carboxylic acid groups (broad SMARTS) is 1. The normalized spacial score (nSPS) is 22.1. The zero-order chi connectivity index (χ0) is 16.2. The van der Waals surface area contributed by atoms with Crippen molar-refractivity contribution in [3.8, 4) is 0 Å². The minimum Gasteiger partial charge on any atom is -0.481 e. The van der Waals surface area contributed by atoms with Crippen molar-refractivity contribution in [3.05, 3.63) is 0 Å². The fourth-order valence-corrected chi connectivity index (χ4v) is 4.02. The monoisotopic (exact) mass is 362 g/mol. The number of Topliss-reactive ketones (excluding diaryl/α,β-unsaturated/α-hetero) is 2. The van der Waals surface area contributed by atoms with Crippen LogP contribution in [0.3, 0.4) is 0 Å². The lowest BCUT2D eigenvalue weighted by molar-refractivity contribution is -0.141. The molecule has 0 amide bonds. The Labute approximate surface area is 132 Å². The second-order valence-corrected chi connectivity index (χ2v) is 7.02. The number of aliphatic carboxylic acids is 1. The van der Waals surface area contributed by atoms with Gasteiger partial charge in [0.05, 0.1) is 18.5 Å². The number of carbonyl (C=O) groups excluding carboxylic acids is 2. The Hall–Kier alpha value is -0.790. The summed E-state index contributed by atoms with van der Waals surface area (Å²) in [6.45, 7) is 1.52. The second kappa shape index (κ2) is 7.47. The minimum absolute atomic E-state index is 0.183. The lowest BCUT2D eigenvalue weighted by atomic mass is 9.73. The maximum Gasteiger partial charge on any atom is 0.305 e. The lowest BCUT2D eigenvalue weighted by Gasteiger charge is -2.38. The second-order valence-electron chi connectivity index (χ2n) is 5.77. The number of alkyl halides is 1. The molecule has 0 bridgehead atoms. The van der Waals surface area contributed by atoms with Gasteiger partial charge < -0.3 is 16.6 Å². The molecular formula is C14H23BrN2O4. The average molecular weight is 363 g/mol. The smallest absolute Gasteiger partial charge is 0.305 e. The number of halogens is 1. The van der Waals surface area contributed by atoms with E-state index >= 15 is 0 Å². The summed E-state index contributed by atoms with van der Waals surface area (Å²) in [5.74, 6) is -2.33.